The number of hydrogen-bond acceptors (Lipinski definition) is 4. The lowest BCUT2D eigenvalue weighted by Gasteiger charge is -2.28. The van der Waals surface area contributed by atoms with Crippen molar-refractivity contribution in [3.8, 4) is 0 Å². The molecule has 0 radical (unpaired) electrons. The van der Waals surface area contributed by atoms with Crippen molar-refractivity contribution in [3.05, 3.63) is 46.9 Å². The molecule has 1 N–H and O–H groups in total. The molecule has 0 aliphatic carbocycles. The van der Waals surface area contributed by atoms with E-state index in [1.165, 1.54) is 0 Å². The normalized spacial score (nSPS) is 21.4. The average molecular weight is 339 g/mol. The summed E-state index contributed by atoms with van der Waals surface area (Å²) < 4.78 is 0. The summed E-state index contributed by atoms with van der Waals surface area (Å²) in [6, 6.07) is 7.35. The molecule has 1 aliphatic rings. The van der Waals surface area contributed by atoms with Gasteiger partial charge < -0.3 is 4.98 Å². The van der Waals surface area contributed by atoms with Crippen LogP contribution in [-0.4, -0.2) is 21.7 Å². The van der Waals surface area contributed by atoms with Gasteiger partial charge >= 0.3 is 0 Å². The smallest absolute Gasteiger partial charge is 0.295 e. The number of nitrogens with one attached hydrogen (secondary N) is 1. The number of hydrogen-bond donors (Lipinski definition) is 1. The van der Waals surface area contributed by atoms with Crippen LogP contribution in [0.3, 0.4) is 0 Å². The maximum Gasteiger partial charge on any atom is 0.295 e. The van der Waals surface area contributed by atoms with E-state index in [0.29, 0.717) is 0 Å². The molecular formula is C18H17N3O2S. The van der Waals surface area contributed by atoms with Crippen molar-refractivity contribution in [2.75, 3.05) is 4.90 Å². The van der Waals surface area contributed by atoms with Crippen LogP contribution >= 0.6 is 11.3 Å². The van der Waals surface area contributed by atoms with Crippen LogP contribution in [0.15, 0.2) is 41.4 Å². The number of anilines is 1. The largest absolute Gasteiger partial charge is 0.345 e. The molecule has 2 aromatic heterocycles. The van der Waals surface area contributed by atoms with E-state index in [1.807, 2.05) is 48.9 Å². The molecule has 1 aliphatic heterocycles. The van der Waals surface area contributed by atoms with Gasteiger partial charge in [0.2, 0.25) is 5.78 Å². The standard InChI is InChI=1S/C18H17N3O2S/c1-10(2)15-16(11-5-6-24-8-11)21(18(23)17(15)22)12-3-4-13-14(7-12)20-9-19-13/h3-10,15-16H,1-2H3,(H,19,20). The molecule has 122 valence electrons. The van der Waals surface area contributed by atoms with Crippen LogP contribution in [0, 0.1) is 11.8 Å². The Bertz CT molecular complexity index is 913. The second-order valence-corrected chi connectivity index (χ2v) is 7.19. The summed E-state index contributed by atoms with van der Waals surface area (Å²) in [6.45, 7) is 3.99. The summed E-state index contributed by atoms with van der Waals surface area (Å²) >= 11 is 1.58. The zero-order valence-electron chi connectivity index (χ0n) is 13.4. The van der Waals surface area contributed by atoms with Crippen LogP contribution in [0.2, 0.25) is 0 Å². The Labute approximate surface area is 143 Å². The van der Waals surface area contributed by atoms with Crippen molar-refractivity contribution in [1.82, 2.24) is 9.97 Å². The SMILES string of the molecule is CC(C)C1C(=O)C(=O)N(c2ccc3nc[nH]c3c2)C1c1ccsc1. The number of nitrogens with zero attached hydrogens (tertiary/aromatic N) is 2. The molecule has 4 rings (SSSR count). The number of Topliss-reactive ketones (excluding diaryl/α,β-unsaturated/α-hetero) is 1. The van der Waals surface area contributed by atoms with Gasteiger partial charge in [-0.3, -0.25) is 14.5 Å². The molecule has 0 bridgehead atoms. The van der Waals surface area contributed by atoms with Crippen LogP contribution < -0.4 is 4.90 Å². The molecule has 0 saturated carbocycles. The average Bonchev–Trinajstić information content (AvgIpc) is 3.27. The predicted molar refractivity (Wildman–Crippen MR) is 94.0 cm³/mol. The molecule has 1 saturated heterocycles. The van der Waals surface area contributed by atoms with Gasteiger partial charge in [0.15, 0.2) is 0 Å². The molecular weight excluding hydrogens is 322 g/mol. The highest BCUT2D eigenvalue weighted by Gasteiger charge is 2.49. The molecule has 1 amide bonds. The van der Waals surface area contributed by atoms with Crippen molar-refractivity contribution >= 4 is 39.7 Å². The van der Waals surface area contributed by atoms with Crippen molar-refractivity contribution < 1.29 is 9.59 Å². The number of ketones is 1. The van der Waals surface area contributed by atoms with E-state index in [4.69, 9.17) is 0 Å². The maximum atomic E-state index is 12.8. The first-order valence-electron chi connectivity index (χ1n) is 7.90. The van der Waals surface area contributed by atoms with Gasteiger partial charge in [-0.05, 0) is 46.5 Å². The van der Waals surface area contributed by atoms with Crippen LogP contribution in [-0.2, 0) is 9.59 Å². The van der Waals surface area contributed by atoms with Crippen molar-refractivity contribution in [2.24, 2.45) is 11.8 Å². The van der Waals surface area contributed by atoms with Gasteiger partial charge in [-0.2, -0.15) is 11.3 Å². The highest BCUT2D eigenvalue weighted by molar-refractivity contribution is 7.08. The number of thiophene rings is 1. The van der Waals surface area contributed by atoms with Crippen LogP contribution in [0.1, 0.15) is 25.5 Å². The summed E-state index contributed by atoms with van der Waals surface area (Å²) in [4.78, 5) is 34.3. The van der Waals surface area contributed by atoms with Crippen LogP contribution in [0.5, 0.6) is 0 Å². The van der Waals surface area contributed by atoms with Crippen LogP contribution in [0.4, 0.5) is 5.69 Å². The lowest BCUT2D eigenvalue weighted by Crippen LogP contribution is -2.29. The predicted octanol–water partition coefficient (Wildman–Crippen LogP) is 3.55. The highest BCUT2D eigenvalue weighted by Crippen LogP contribution is 2.43. The number of H-pyrrole nitrogens is 1. The van der Waals surface area contributed by atoms with Gasteiger partial charge in [0.1, 0.15) is 0 Å². The Morgan fingerprint density at radius 1 is 1.25 bits per heavy atom. The van der Waals surface area contributed by atoms with Gasteiger partial charge in [0.05, 0.1) is 29.3 Å². The Balaban J connectivity index is 1.87. The number of carbonyl (C=O) groups is 2. The third-order valence-corrected chi connectivity index (χ3v) is 5.34. The number of fused-ring (bicyclic) bond motifs is 1. The molecule has 5 nitrogen and oxygen atoms in total. The number of imidazole rings is 1. The summed E-state index contributed by atoms with van der Waals surface area (Å²) in [5.41, 5.74) is 3.43. The Hall–Kier alpha value is -2.47. The summed E-state index contributed by atoms with van der Waals surface area (Å²) in [6.07, 6.45) is 1.62. The zero-order valence-corrected chi connectivity index (χ0v) is 14.2. The van der Waals surface area contributed by atoms with E-state index >= 15 is 0 Å². The number of benzene rings is 1. The van der Waals surface area contributed by atoms with E-state index in [9.17, 15) is 9.59 Å². The quantitative estimate of drug-likeness (QED) is 0.742. The number of amides is 1. The lowest BCUT2D eigenvalue weighted by molar-refractivity contribution is -0.136. The van der Waals surface area contributed by atoms with Gasteiger partial charge in [-0.15, -0.1) is 0 Å². The second kappa shape index (κ2) is 5.56. The molecule has 6 heteroatoms. The molecule has 2 atom stereocenters. The first-order valence-corrected chi connectivity index (χ1v) is 8.85. The Morgan fingerprint density at radius 3 is 2.79 bits per heavy atom. The first kappa shape index (κ1) is 15.1. The molecule has 0 spiro atoms. The van der Waals surface area contributed by atoms with Crippen molar-refractivity contribution in [3.63, 3.8) is 0 Å². The summed E-state index contributed by atoms with van der Waals surface area (Å²) in [5.74, 6) is -0.966. The molecule has 3 aromatic rings. The van der Waals surface area contributed by atoms with Gasteiger partial charge in [0.25, 0.3) is 5.91 Å². The molecule has 2 unspecified atom stereocenters. The summed E-state index contributed by atoms with van der Waals surface area (Å²) in [5, 5.41) is 4.00. The van der Waals surface area contributed by atoms with E-state index in [1.54, 1.807) is 22.6 Å². The minimum atomic E-state index is -0.427. The molecule has 1 aromatic carbocycles. The topological polar surface area (TPSA) is 66.1 Å². The van der Waals surface area contributed by atoms with Crippen molar-refractivity contribution in [1.29, 1.82) is 0 Å². The van der Waals surface area contributed by atoms with E-state index in [-0.39, 0.29) is 23.7 Å². The second-order valence-electron chi connectivity index (χ2n) is 6.41. The number of aromatic amines is 1. The van der Waals surface area contributed by atoms with E-state index in [2.05, 4.69) is 9.97 Å². The maximum absolute atomic E-state index is 12.8. The number of aromatic nitrogens is 2. The van der Waals surface area contributed by atoms with Crippen molar-refractivity contribution in [2.45, 2.75) is 19.9 Å². The third kappa shape index (κ3) is 2.17. The summed E-state index contributed by atoms with van der Waals surface area (Å²) in [7, 11) is 0. The molecule has 1 fully saturated rings. The fraction of sp³-hybridized carbons (Fsp3) is 0.278. The third-order valence-electron chi connectivity index (χ3n) is 4.64. The Morgan fingerprint density at radius 2 is 2.08 bits per heavy atom. The molecule has 24 heavy (non-hydrogen) atoms. The van der Waals surface area contributed by atoms with E-state index < -0.39 is 5.91 Å². The fourth-order valence-corrected chi connectivity index (χ4v) is 4.20. The van der Waals surface area contributed by atoms with Gasteiger partial charge in [0, 0.05) is 5.69 Å². The molecule has 3 heterocycles. The minimum absolute atomic E-state index is 0.0900. The van der Waals surface area contributed by atoms with Crippen LogP contribution in [0.25, 0.3) is 11.0 Å². The monoisotopic (exact) mass is 339 g/mol. The van der Waals surface area contributed by atoms with Gasteiger partial charge in [-0.1, -0.05) is 13.8 Å². The number of carbonyl (C=O) groups excluding carboxylic acids is 2. The minimum Gasteiger partial charge on any atom is -0.345 e. The lowest BCUT2D eigenvalue weighted by atomic mass is 9.85. The van der Waals surface area contributed by atoms with E-state index in [0.717, 1.165) is 22.3 Å². The van der Waals surface area contributed by atoms with Gasteiger partial charge in [-0.25, -0.2) is 4.98 Å². The first-order chi connectivity index (χ1) is 11.6. The number of rotatable bonds is 3. The highest BCUT2D eigenvalue weighted by atomic mass is 32.1. The Kier molecular flexibility index (Phi) is 3.49. The zero-order chi connectivity index (χ0) is 16.8. The fourth-order valence-electron chi connectivity index (χ4n) is 3.51.